The van der Waals surface area contributed by atoms with Crippen LogP contribution in [0, 0.1) is 5.82 Å². The zero-order chi connectivity index (χ0) is 15.5. The fourth-order valence-corrected chi connectivity index (χ4v) is 1.47. The standard InChI is InChI=1S/C11H9F6NO2/c1-2-20-7(19)3-6-9(12)8(11(15,16)17)5(4-18-6)10(13)14/h4,10H,2-3H2,1H3. The molecule has 3 nitrogen and oxygen atoms in total. The van der Waals surface area contributed by atoms with Gasteiger partial charge in [-0.15, -0.1) is 0 Å². The van der Waals surface area contributed by atoms with Crippen LogP contribution in [-0.4, -0.2) is 17.6 Å². The van der Waals surface area contributed by atoms with Gasteiger partial charge in [-0.05, 0) is 6.92 Å². The van der Waals surface area contributed by atoms with Crippen LogP contribution < -0.4 is 0 Å². The van der Waals surface area contributed by atoms with Gasteiger partial charge < -0.3 is 4.74 Å². The molecule has 20 heavy (non-hydrogen) atoms. The summed E-state index contributed by atoms with van der Waals surface area (Å²) in [6, 6.07) is 0. The van der Waals surface area contributed by atoms with Crippen LogP contribution >= 0.6 is 0 Å². The second-order valence-electron chi connectivity index (χ2n) is 3.63. The topological polar surface area (TPSA) is 39.2 Å². The van der Waals surface area contributed by atoms with Gasteiger partial charge >= 0.3 is 12.1 Å². The van der Waals surface area contributed by atoms with Crippen molar-refractivity contribution in [3.8, 4) is 0 Å². The van der Waals surface area contributed by atoms with Gasteiger partial charge in [0, 0.05) is 6.20 Å². The van der Waals surface area contributed by atoms with Crippen LogP contribution in [0.3, 0.4) is 0 Å². The second-order valence-corrected chi connectivity index (χ2v) is 3.63. The van der Waals surface area contributed by atoms with E-state index in [9.17, 15) is 31.1 Å². The lowest BCUT2D eigenvalue weighted by Crippen LogP contribution is -2.18. The molecule has 0 bridgehead atoms. The van der Waals surface area contributed by atoms with Crippen molar-refractivity contribution < 1.29 is 35.9 Å². The predicted molar refractivity (Wildman–Crippen MR) is 54.5 cm³/mol. The quantitative estimate of drug-likeness (QED) is 0.633. The maximum atomic E-state index is 13.7. The molecule has 0 aliphatic carbocycles. The Labute approximate surface area is 109 Å². The molecule has 1 aromatic rings. The molecule has 0 saturated heterocycles. The molecule has 0 fully saturated rings. The zero-order valence-corrected chi connectivity index (χ0v) is 10.1. The lowest BCUT2D eigenvalue weighted by Gasteiger charge is -2.14. The molecule has 0 saturated carbocycles. The van der Waals surface area contributed by atoms with E-state index in [4.69, 9.17) is 0 Å². The highest BCUT2D eigenvalue weighted by Crippen LogP contribution is 2.38. The molecule has 0 radical (unpaired) electrons. The minimum absolute atomic E-state index is 0.0539. The SMILES string of the molecule is CCOC(=O)Cc1ncc(C(F)F)c(C(F)(F)F)c1F. The third-order valence-corrected chi connectivity index (χ3v) is 2.26. The van der Waals surface area contributed by atoms with Gasteiger partial charge in [0.1, 0.15) is 5.56 Å². The second kappa shape index (κ2) is 6.10. The Balaban J connectivity index is 3.28. The van der Waals surface area contributed by atoms with Gasteiger partial charge in [0.2, 0.25) is 0 Å². The summed E-state index contributed by atoms with van der Waals surface area (Å²) < 4.78 is 80.9. The third kappa shape index (κ3) is 3.61. The average Bonchev–Trinajstić information content (AvgIpc) is 2.29. The van der Waals surface area contributed by atoms with Crippen LogP contribution in [0.4, 0.5) is 26.3 Å². The van der Waals surface area contributed by atoms with Crippen molar-refractivity contribution in [2.45, 2.75) is 25.9 Å². The van der Waals surface area contributed by atoms with E-state index in [-0.39, 0.29) is 12.8 Å². The van der Waals surface area contributed by atoms with E-state index < -0.39 is 47.6 Å². The number of pyridine rings is 1. The number of rotatable bonds is 4. The fourth-order valence-electron chi connectivity index (χ4n) is 1.47. The normalized spacial score (nSPS) is 11.8. The molecule has 9 heteroatoms. The number of carbonyl (C=O) groups excluding carboxylic acids is 1. The smallest absolute Gasteiger partial charge is 0.419 e. The van der Waals surface area contributed by atoms with Crippen LogP contribution in [0.25, 0.3) is 0 Å². The van der Waals surface area contributed by atoms with E-state index in [2.05, 4.69) is 9.72 Å². The Morgan fingerprint density at radius 3 is 2.45 bits per heavy atom. The molecule has 112 valence electrons. The van der Waals surface area contributed by atoms with Crippen molar-refractivity contribution in [1.82, 2.24) is 4.98 Å². The van der Waals surface area contributed by atoms with Gasteiger partial charge in [0.05, 0.1) is 24.3 Å². The van der Waals surface area contributed by atoms with E-state index in [1.54, 1.807) is 0 Å². The Hall–Kier alpha value is -1.80. The summed E-state index contributed by atoms with van der Waals surface area (Å²) in [7, 11) is 0. The van der Waals surface area contributed by atoms with Gasteiger partial charge in [-0.25, -0.2) is 13.2 Å². The lowest BCUT2D eigenvalue weighted by molar-refractivity contribution is -0.144. The van der Waals surface area contributed by atoms with Crippen LogP contribution in [0.15, 0.2) is 6.20 Å². The first kappa shape index (κ1) is 16.3. The average molecular weight is 301 g/mol. The lowest BCUT2D eigenvalue weighted by atomic mass is 10.1. The molecule has 1 heterocycles. The van der Waals surface area contributed by atoms with Crippen molar-refractivity contribution in [2.24, 2.45) is 0 Å². The summed E-state index contributed by atoms with van der Waals surface area (Å²) in [6.07, 6.45) is -9.51. The summed E-state index contributed by atoms with van der Waals surface area (Å²) in [4.78, 5) is 14.2. The Kier molecular flexibility index (Phi) is 4.96. The molecule has 1 aromatic heterocycles. The molecule has 0 atom stereocenters. The monoisotopic (exact) mass is 301 g/mol. The molecular formula is C11H9F6NO2. The van der Waals surface area contributed by atoms with Crippen molar-refractivity contribution in [3.05, 3.63) is 28.8 Å². The number of hydrogen-bond donors (Lipinski definition) is 0. The summed E-state index contributed by atoms with van der Waals surface area (Å²) >= 11 is 0. The molecule has 1 rings (SSSR count). The minimum atomic E-state index is -5.32. The number of esters is 1. The Morgan fingerprint density at radius 1 is 1.40 bits per heavy atom. The number of carbonyl (C=O) groups is 1. The maximum Gasteiger partial charge on any atom is 0.419 e. The molecule has 0 aliphatic rings. The number of hydrogen-bond acceptors (Lipinski definition) is 3. The van der Waals surface area contributed by atoms with Crippen molar-refractivity contribution in [2.75, 3.05) is 6.61 Å². The number of alkyl halides is 5. The van der Waals surface area contributed by atoms with E-state index >= 15 is 0 Å². The highest BCUT2D eigenvalue weighted by molar-refractivity contribution is 5.72. The summed E-state index contributed by atoms with van der Waals surface area (Å²) in [5, 5.41) is 0. The van der Waals surface area contributed by atoms with Crippen molar-refractivity contribution in [3.63, 3.8) is 0 Å². The largest absolute Gasteiger partial charge is 0.466 e. The van der Waals surface area contributed by atoms with E-state index in [1.165, 1.54) is 6.92 Å². The van der Waals surface area contributed by atoms with Crippen LogP contribution in [0.5, 0.6) is 0 Å². The molecule has 0 N–H and O–H groups in total. The minimum Gasteiger partial charge on any atom is -0.466 e. The first-order valence-corrected chi connectivity index (χ1v) is 5.36. The Bertz CT molecular complexity index is 500. The molecule has 0 aromatic carbocycles. The predicted octanol–water partition coefficient (Wildman–Crippen LogP) is 3.28. The van der Waals surface area contributed by atoms with Gasteiger partial charge in [0.15, 0.2) is 5.82 Å². The molecule has 0 aliphatic heterocycles. The molecule has 0 amide bonds. The van der Waals surface area contributed by atoms with Crippen molar-refractivity contribution >= 4 is 5.97 Å². The summed E-state index contributed by atoms with van der Waals surface area (Å²) in [5.41, 5.74) is -4.57. The van der Waals surface area contributed by atoms with Gasteiger partial charge in [-0.2, -0.15) is 13.2 Å². The van der Waals surface area contributed by atoms with Crippen LogP contribution in [-0.2, 0) is 22.1 Å². The zero-order valence-electron chi connectivity index (χ0n) is 10.1. The highest BCUT2D eigenvalue weighted by Gasteiger charge is 2.40. The van der Waals surface area contributed by atoms with E-state index in [0.29, 0.717) is 0 Å². The number of ether oxygens (including phenoxy) is 1. The van der Waals surface area contributed by atoms with Gasteiger partial charge in [-0.3, -0.25) is 9.78 Å². The van der Waals surface area contributed by atoms with Crippen molar-refractivity contribution in [1.29, 1.82) is 0 Å². The third-order valence-electron chi connectivity index (χ3n) is 2.26. The first-order chi connectivity index (χ1) is 9.18. The molecule has 0 spiro atoms. The fraction of sp³-hybridized carbons (Fsp3) is 0.455. The highest BCUT2D eigenvalue weighted by atomic mass is 19.4. The number of nitrogens with zero attached hydrogens (tertiary/aromatic N) is 1. The molecular weight excluding hydrogens is 292 g/mol. The van der Waals surface area contributed by atoms with E-state index in [0.717, 1.165) is 0 Å². The number of aromatic nitrogens is 1. The maximum absolute atomic E-state index is 13.7. The first-order valence-electron chi connectivity index (χ1n) is 5.36. The van der Waals surface area contributed by atoms with Crippen LogP contribution in [0.2, 0.25) is 0 Å². The Morgan fingerprint density at radius 2 is 2.00 bits per heavy atom. The molecule has 0 unspecified atom stereocenters. The summed E-state index contributed by atoms with van der Waals surface area (Å²) in [5.74, 6) is -2.99. The van der Waals surface area contributed by atoms with E-state index in [1.807, 2.05) is 0 Å². The van der Waals surface area contributed by atoms with Crippen LogP contribution in [0.1, 0.15) is 30.2 Å². The number of halogens is 6. The van der Waals surface area contributed by atoms with Gasteiger partial charge in [0.25, 0.3) is 6.43 Å². The van der Waals surface area contributed by atoms with Gasteiger partial charge in [-0.1, -0.05) is 0 Å². The summed E-state index contributed by atoms with van der Waals surface area (Å²) in [6.45, 7) is 1.39.